The van der Waals surface area contributed by atoms with Gasteiger partial charge in [-0.3, -0.25) is 4.79 Å². The average molecular weight is 330 g/mol. The zero-order chi connectivity index (χ0) is 16.3. The smallest absolute Gasteiger partial charge is 0.408 e. The summed E-state index contributed by atoms with van der Waals surface area (Å²) >= 11 is 1.74. The summed E-state index contributed by atoms with van der Waals surface area (Å²) in [4.78, 5) is 26.5. The average Bonchev–Trinajstić information content (AvgIpc) is 2.57. The fourth-order valence-corrected chi connectivity index (χ4v) is 4.33. The quantitative estimate of drug-likeness (QED) is 0.806. The Labute approximate surface area is 136 Å². The summed E-state index contributed by atoms with van der Waals surface area (Å²) in [5.41, 5.74) is -0.589. The molecule has 0 radical (unpaired) electrons. The Hall–Kier alpha value is -0.950. The number of alkyl carbamates (subject to hydrolysis) is 1. The number of rotatable bonds is 2. The van der Waals surface area contributed by atoms with Gasteiger partial charge in [-0.05, 0) is 52.2 Å². The Kier molecular flexibility index (Phi) is 5.60. The summed E-state index contributed by atoms with van der Waals surface area (Å²) in [6.07, 6.45) is 2.82. The minimum Gasteiger partial charge on any atom is -0.444 e. The van der Waals surface area contributed by atoms with Crippen molar-refractivity contribution in [2.24, 2.45) is 0 Å². The number of piperidine rings is 1. The van der Waals surface area contributed by atoms with E-state index in [4.69, 9.17) is 4.74 Å². The molecule has 0 spiro atoms. The molecule has 0 saturated carbocycles. The third-order valence-electron chi connectivity index (χ3n) is 3.86. The number of carbonyl (C=O) groups excluding carboxylic acids is 2. The Morgan fingerprint density at radius 3 is 2.77 bits per heavy atom. The van der Waals surface area contributed by atoms with E-state index in [1.54, 1.807) is 37.4 Å². The molecule has 0 unspecified atom stereocenters. The highest BCUT2D eigenvalue weighted by molar-refractivity contribution is 7.99. The lowest BCUT2D eigenvalue weighted by Gasteiger charge is -2.41. The molecule has 2 amide bonds. The first-order valence-corrected chi connectivity index (χ1v) is 8.91. The van der Waals surface area contributed by atoms with Crippen LogP contribution in [0.5, 0.6) is 0 Å². The van der Waals surface area contributed by atoms with Crippen LogP contribution < -0.4 is 5.32 Å². The van der Waals surface area contributed by atoms with Crippen molar-refractivity contribution >= 4 is 23.8 Å². The van der Waals surface area contributed by atoms with Gasteiger partial charge in [0, 0.05) is 0 Å². The van der Waals surface area contributed by atoms with Crippen LogP contribution in [0.3, 0.4) is 0 Å². The number of fused-ring (bicyclic) bond motifs is 1. The van der Waals surface area contributed by atoms with Gasteiger partial charge >= 0.3 is 6.09 Å². The van der Waals surface area contributed by atoms with E-state index in [-0.39, 0.29) is 23.9 Å². The highest BCUT2D eigenvalue weighted by atomic mass is 32.2. The zero-order valence-corrected chi connectivity index (χ0v) is 14.3. The Balaban J connectivity index is 2.06. The number of carbonyl (C=O) groups is 2. The highest BCUT2D eigenvalue weighted by Crippen LogP contribution is 2.34. The molecule has 0 bridgehead atoms. The molecule has 2 rings (SSSR count). The van der Waals surface area contributed by atoms with Crippen LogP contribution in [0.25, 0.3) is 0 Å². The van der Waals surface area contributed by atoms with Crippen molar-refractivity contribution in [3.63, 3.8) is 0 Å². The lowest BCUT2D eigenvalue weighted by molar-refractivity contribution is -0.139. The summed E-state index contributed by atoms with van der Waals surface area (Å²) < 4.78 is 5.24. The van der Waals surface area contributed by atoms with E-state index in [0.717, 1.165) is 25.0 Å². The summed E-state index contributed by atoms with van der Waals surface area (Å²) in [5.74, 6) is 0.713. The molecule has 2 aliphatic heterocycles. The van der Waals surface area contributed by atoms with Crippen molar-refractivity contribution in [1.82, 2.24) is 10.2 Å². The Morgan fingerprint density at radius 1 is 1.41 bits per heavy atom. The normalized spacial score (nSPS) is 29.5. The molecule has 0 aromatic heterocycles. The maximum Gasteiger partial charge on any atom is 0.408 e. The number of hydrogen-bond acceptors (Lipinski definition) is 5. The zero-order valence-electron chi connectivity index (χ0n) is 13.5. The van der Waals surface area contributed by atoms with Crippen molar-refractivity contribution in [1.29, 1.82) is 0 Å². The van der Waals surface area contributed by atoms with Gasteiger partial charge in [0.15, 0.2) is 0 Å². The van der Waals surface area contributed by atoms with Gasteiger partial charge in [0.05, 0.1) is 18.0 Å². The van der Waals surface area contributed by atoms with E-state index >= 15 is 0 Å². The van der Waals surface area contributed by atoms with E-state index < -0.39 is 17.7 Å². The molecule has 7 heteroatoms. The first-order chi connectivity index (χ1) is 10.3. The molecule has 126 valence electrons. The molecule has 22 heavy (non-hydrogen) atoms. The van der Waals surface area contributed by atoms with Crippen LogP contribution in [0.2, 0.25) is 0 Å². The van der Waals surface area contributed by atoms with Crippen molar-refractivity contribution in [2.45, 2.75) is 69.5 Å². The van der Waals surface area contributed by atoms with Gasteiger partial charge in [-0.25, -0.2) is 4.79 Å². The number of hydrogen-bond donors (Lipinski definition) is 2. The molecule has 0 aromatic carbocycles. The van der Waals surface area contributed by atoms with Crippen molar-refractivity contribution in [2.75, 3.05) is 12.4 Å². The van der Waals surface area contributed by atoms with Gasteiger partial charge in [0.1, 0.15) is 11.6 Å². The third kappa shape index (κ3) is 4.29. The molecular formula is C15H26N2O4S. The van der Waals surface area contributed by atoms with Crippen LogP contribution in [0.4, 0.5) is 4.79 Å². The molecule has 0 aliphatic carbocycles. The van der Waals surface area contributed by atoms with E-state index in [1.165, 1.54) is 0 Å². The fourth-order valence-electron chi connectivity index (χ4n) is 2.92. The number of aliphatic hydroxyl groups excluding tert-OH is 1. The molecule has 3 atom stereocenters. The van der Waals surface area contributed by atoms with Crippen molar-refractivity contribution in [3.8, 4) is 0 Å². The van der Waals surface area contributed by atoms with Crippen LogP contribution in [-0.2, 0) is 9.53 Å². The molecule has 6 nitrogen and oxygen atoms in total. The van der Waals surface area contributed by atoms with Crippen LogP contribution >= 0.6 is 11.8 Å². The predicted molar refractivity (Wildman–Crippen MR) is 85.6 cm³/mol. The maximum atomic E-state index is 12.8. The van der Waals surface area contributed by atoms with Gasteiger partial charge in [0.25, 0.3) is 0 Å². The molecule has 2 saturated heterocycles. The second kappa shape index (κ2) is 7.08. The standard InChI is InChI=1S/C15H26N2O4S/c1-15(2,3)21-14(20)16-11-7-8-22-12-6-4-5-10(9-18)17(12)13(11)19/h10-12,18H,4-9H2,1-3H3,(H,16,20)/t10-,11-,12-/m0/s1. The molecule has 2 N–H and O–H groups in total. The number of aliphatic hydroxyl groups is 1. The minimum atomic E-state index is -0.589. The van der Waals surface area contributed by atoms with E-state index in [2.05, 4.69) is 5.32 Å². The van der Waals surface area contributed by atoms with E-state index in [0.29, 0.717) is 6.42 Å². The molecule has 2 heterocycles. The summed E-state index contributed by atoms with van der Waals surface area (Å²) in [6, 6.07) is -0.709. The minimum absolute atomic E-state index is 0.0258. The topological polar surface area (TPSA) is 78.9 Å². The van der Waals surface area contributed by atoms with E-state index in [1.807, 2.05) is 0 Å². The molecule has 0 aromatic rings. The number of nitrogens with one attached hydrogen (secondary N) is 1. The van der Waals surface area contributed by atoms with Crippen LogP contribution in [0.1, 0.15) is 46.5 Å². The summed E-state index contributed by atoms with van der Waals surface area (Å²) in [5, 5.41) is 12.4. The third-order valence-corrected chi connectivity index (χ3v) is 5.18. The summed E-state index contributed by atoms with van der Waals surface area (Å²) in [7, 11) is 0. The number of thioether (sulfide) groups is 1. The van der Waals surface area contributed by atoms with Gasteiger partial charge in [-0.2, -0.15) is 0 Å². The van der Waals surface area contributed by atoms with Crippen molar-refractivity contribution in [3.05, 3.63) is 0 Å². The second-order valence-corrected chi connectivity index (χ2v) is 8.11. The number of nitrogens with zero attached hydrogens (tertiary/aromatic N) is 1. The van der Waals surface area contributed by atoms with Crippen LogP contribution in [0, 0.1) is 0 Å². The SMILES string of the molecule is CC(C)(C)OC(=O)N[C@H]1CCS[C@H]2CCC[C@@H](CO)N2C1=O. The highest BCUT2D eigenvalue weighted by Gasteiger charge is 2.40. The Morgan fingerprint density at radius 2 is 2.14 bits per heavy atom. The van der Waals surface area contributed by atoms with Crippen LogP contribution in [-0.4, -0.2) is 57.4 Å². The first kappa shape index (κ1) is 17.4. The summed E-state index contributed by atoms with van der Waals surface area (Å²) in [6.45, 7) is 5.35. The number of ether oxygens (including phenoxy) is 1. The van der Waals surface area contributed by atoms with Gasteiger partial charge < -0.3 is 20.1 Å². The van der Waals surface area contributed by atoms with Gasteiger partial charge in [-0.1, -0.05) is 0 Å². The lowest BCUT2D eigenvalue weighted by atomic mass is 10.0. The number of amides is 2. The largest absolute Gasteiger partial charge is 0.444 e. The molecule has 2 aliphatic rings. The predicted octanol–water partition coefficient (Wildman–Crippen LogP) is 1.72. The monoisotopic (exact) mass is 330 g/mol. The fraction of sp³-hybridized carbons (Fsp3) is 0.867. The maximum absolute atomic E-state index is 12.8. The van der Waals surface area contributed by atoms with E-state index in [9.17, 15) is 14.7 Å². The first-order valence-electron chi connectivity index (χ1n) is 7.86. The van der Waals surface area contributed by atoms with Gasteiger partial charge in [-0.15, -0.1) is 11.8 Å². The molecule has 2 fully saturated rings. The second-order valence-electron chi connectivity index (χ2n) is 6.83. The Bertz CT molecular complexity index is 424. The van der Waals surface area contributed by atoms with Gasteiger partial charge in [0.2, 0.25) is 5.91 Å². The van der Waals surface area contributed by atoms with Crippen molar-refractivity contribution < 1.29 is 19.4 Å². The lowest BCUT2D eigenvalue weighted by Crippen LogP contribution is -2.56. The molecular weight excluding hydrogens is 304 g/mol. The van der Waals surface area contributed by atoms with Crippen LogP contribution in [0.15, 0.2) is 0 Å².